The first kappa shape index (κ1) is 19.1. The van der Waals surface area contributed by atoms with Gasteiger partial charge in [-0.1, -0.05) is 18.3 Å². The van der Waals surface area contributed by atoms with Crippen LogP contribution in [0, 0.1) is 0 Å². The molecule has 29 heavy (non-hydrogen) atoms. The van der Waals surface area contributed by atoms with E-state index in [2.05, 4.69) is 25.5 Å². The Balaban J connectivity index is 1.69. The molecule has 0 amide bonds. The maximum atomic E-state index is 10.9. The number of hydrogen-bond donors (Lipinski definition) is 3. The molecule has 4 aromatic rings. The summed E-state index contributed by atoms with van der Waals surface area (Å²) in [6.07, 6.45) is 4.71. The Morgan fingerprint density at radius 1 is 1.38 bits per heavy atom. The lowest BCUT2D eigenvalue weighted by atomic mass is 10.0. The van der Waals surface area contributed by atoms with Gasteiger partial charge < -0.3 is 15.2 Å². The number of fused-ring (bicyclic) bond motifs is 2. The predicted octanol–water partition coefficient (Wildman–Crippen LogP) is 4.07. The second-order valence-electron chi connectivity index (χ2n) is 6.60. The molecule has 4 rings (SSSR count). The fourth-order valence-electron chi connectivity index (χ4n) is 3.20. The van der Waals surface area contributed by atoms with Crippen LogP contribution in [0.5, 0.6) is 5.75 Å². The van der Waals surface area contributed by atoms with Gasteiger partial charge in [0.15, 0.2) is 5.82 Å². The van der Waals surface area contributed by atoms with Crippen molar-refractivity contribution in [3.8, 4) is 5.75 Å². The topological polar surface area (TPSA) is 126 Å². The third kappa shape index (κ3) is 3.83. The van der Waals surface area contributed by atoms with Crippen molar-refractivity contribution in [2.45, 2.75) is 32.1 Å². The Bertz CT molecular complexity index is 1170. The Hall–Kier alpha value is -3.27. The second kappa shape index (κ2) is 8.00. The number of H-pyrrole nitrogens is 1. The third-order valence-electron chi connectivity index (χ3n) is 4.77. The number of nitrogens with zero attached hydrogens (tertiary/aromatic N) is 4. The molecule has 3 aromatic heterocycles. The third-order valence-corrected chi connectivity index (χ3v) is 5.90. The molecule has 9 nitrogen and oxygen atoms in total. The number of aromatic amines is 1. The highest BCUT2D eigenvalue weighted by molar-refractivity contribution is 7.18. The molecule has 0 saturated heterocycles. The molecule has 0 aliphatic rings. The Morgan fingerprint density at radius 3 is 3.00 bits per heavy atom. The number of carboxylic acids is 1. The summed E-state index contributed by atoms with van der Waals surface area (Å²) in [5, 5.41) is 21.1. The quantitative estimate of drug-likeness (QED) is 0.395. The molecular weight excluding hydrogens is 392 g/mol. The van der Waals surface area contributed by atoms with Crippen molar-refractivity contribution >= 4 is 50.1 Å². The van der Waals surface area contributed by atoms with Crippen LogP contribution < -0.4 is 10.1 Å². The van der Waals surface area contributed by atoms with E-state index in [0.717, 1.165) is 32.8 Å². The molecule has 0 aliphatic carbocycles. The minimum Gasteiger partial charge on any atom is -0.494 e. The molecule has 1 unspecified atom stereocenters. The molecule has 0 spiro atoms. The smallest absolute Gasteiger partial charge is 0.303 e. The number of carboxylic acid groups (broad SMARTS) is 1. The highest BCUT2D eigenvalue weighted by Gasteiger charge is 2.19. The summed E-state index contributed by atoms with van der Waals surface area (Å²) in [6, 6.07) is 3.80. The van der Waals surface area contributed by atoms with Crippen molar-refractivity contribution in [1.82, 2.24) is 25.1 Å². The molecule has 0 radical (unpaired) electrons. The number of ether oxygens (including phenoxy) is 1. The van der Waals surface area contributed by atoms with Crippen molar-refractivity contribution < 1.29 is 14.6 Å². The maximum absolute atomic E-state index is 10.9. The SMILES string of the molecule is CCC(CCC(=O)O)c1nc2c(Nc3cc4cn[nH]c4cc3OC)ncnc2s1. The molecule has 0 fully saturated rings. The molecule has 150 valence electrons. The number of carbonyl (C=O) groups is 1. The number of anilines is 2. The first-order valence-electron chi connectivity index (χ1n) is 9.20. The van der Waals surface area contributed by atoms with Crippen LogP contribution in [0.2, 0.25) is 0 Å². The van der Waals surface area contributed by atoms with Gasteiger partial charge in [0.2, 0.25) is 0 Å². The normalized spacial score (nSPS) is 12.3. The van der Waals surface area contributed by atoms with Gasteiger partial charge in [-0.3, -0.25) is 9.89 Å². The fraction of sp³-hybridized carbons (Fsp3) is 0.316. The van der Waals surface area contributed by atoms with Crippen LogP contribution in [0.3, 0.4) is 0 Å². The van der Waals surface area contributed by atoms with E-state index in [1.165, 1.54) is 17.7 Å². The van der Waals surface area contributed by atoms with Crippen molar-refractivity contribution in [2.24, 2.45) is 0 Å². The summed E-state index contributed by atoms with van der Waals surface area (Å²) < 4.78 is 5.50. The summed E-state index contributed by atoms with van der Waals surface area (Å²) in [6.45, 7) is 2.04. The van der Waals surface area contributed by atoms with E-state index in [0.29, 0.717) is 23.5 Å². The van der Waals surface area contributed by atoms with Gasteiger partial charge in [-0.25, -0.2) is 15.0 Å². The monoisotopic (exact) mass is 412 g/mol. The summed E-state index contributed by atoms with van der Waals surface area (Å²) in [4.78, 5) is 25.2. The molecule has 0 saturated carbocycles. The van der Waals surface area contributed by atoms with Crippen LogP contribution in [-0.4, -0.2) is 43.3 Å². The minimum absolute atomic E-state index is 0.0787. The maximum Gasteiger partial charge on any atom is 0.303 e. The average molecular weight is 412 g/mol. The molecule has 1 aromatic carbocycles. The van der Waals surface area contributed by atoms with Crippen molar-refractivity contribution in [1.29, 1.82) is 0 Å². The fourth-order valence-corrected chi connectivity index (χ4v) is 4.33. The van der Waals surface area contributed by atoms with Crippen LogP contribution in [0.1, 0.15) is 37.1 Å². The molecular formula is C19H20N6O3S. The summed E-state index contributed by atoms with van der Waals surface area (Å²) in [5.74, 6) is 0.506. The van der Waals surface area contributed by atoms with E-state index in [1.54, 1.807) is 13.3 Å². The van der Waals surface area contributed by atoms with Crippen molar-refractivity contribution in [2.75, 3.05) is 12.4 Å². The number of aromatic nitrogens is 5. The summed E-state index contributed by atoms with van der Waals surface area (Å²) in [7, 11) is 1.60. The summed E-state index contributed by atoms with van der Waals surface area (Å²) >= 11 is 1.48. The Kier molecular flexibility index (Phi) is 5.26. The van der Waals surface area contributed by atoms with Crippen molar-refractivity contribution in [3.05, 3.63) is 29.7 Å². The van der Waals surface area contributed by atoms with Crippen molar-refractivity contribution in [3.63, 3.8) is 0 Å². The number of hydrogen-bond acceptors (Lipinski definition) is 8. The molecule has 3 N–H and O–H groups in total. The number of methoxy groups -OCH3 is 1. The van der Waals surface area contributed by atoms with Crippen LogP contribution in [0.15, 0.2) is 24.7 Å². The first-order chi connectivity index (χ1) is 14.1. The van der Waals surface area contributed by atoms with E-state index in [1.807, 2.05) is 19.1 Å². The van der Waals surface area contributed by atoms with Crippen LogP contribution >= 0.6 is 11.3 Å². The van der Waals surface area contributed by atoms with Gasteiger partial charge in [-0.2, -0.15) is 5.10 Å². The van der Waals surface area contributed by atoms with E-state index in [-0.39, 0.29) is 12.3 Å². The molecule has 10 heteroatoms. The zero-order valence-corrected chi connectivity index (χ0v) is 16.8. The molecule has 0 bridgehead atoms. The summed E-state index contributed by atoms with van der Waals surface area (Å²) in [5.41, 5.74) is 2.28. The number of thiazole rings is 1. The highest BCUT2D eigenvalue weighted by Crippen LogP contribution is 2.36. The Morgan fingerprint density at radius 2 is 2.24 bits per heavy atom. The number of nitrogens with one attached hydrogen (secondary N) is 2. The van der Waals surface area contributed by atoms with Crippen LogP contribution in [-0.2, 0) is 4.79 Å². The van der Waals surface area contributed by atoms with E-state index in [4.69, 9.17) is 14.8 Å². The van der Waals surface area contributed by atoms with E-state index in [9.17, 15) is 4.79 Å². The molecule has 3 heterocycles. The molecule has 1 atom stereocenters. The van der Waals surface area contributed by atoms with E-state index >= 15 is 0 Å². The zero-order valence-electron chi connectivity index (χ0n) is 16.0. The van der Waals surface area contributed by atoms with Gasteiger partial charge in [0.05, 0.1) is 29.5 Å². The van der Waals surface area contributed by atoms with Gasteiger partial charge in [0, 0.05) is 23.8 Å². The number of benzene rings is 1. The van der Waals surface area contributed by atoms with Crippen LogP contribution in [0.4, 0.5) is 11.5 Å². The lowest BCUT2D eigenvalue weighted by molar-refractivity contribution is -0.137. The van der Waals surface area contributed by atoms with Gasteiger partial charge in [-0.05, 0) is 18.9 Å². The standard InChI is InChI=1S/C19H20N6O3S/c1-3-10(4-5-15(26)27)18-24-16-17(20-9-21-19(16)29-18)23-13-6-11-8-22-25-12(11)7-14(13)28-2/h6-10H,3-5H2,1-2H3,(H,22,25)(H,26,27)(H,20,21,23). The first-order valence-corrected chi connectivity index (χ1v) is 10.0. The second-order valence-corrected chi connectivity index (χ2v) is 7.61. The lowest BCUT2D eigenvalue weighted by Crippen LogP contribution is -2.02. The average Bonchev–Trinajstić information content (AvgIpc) is 3.34. The van der Waals surface area contributed by atoms with Gasteiger partial charge >= 0.3 is 5.97 Å². The Labute approximate surface area is 170 Å². The number of aliphatic carboxylic acids is 1. The van der Waals surface area contributed by atoms with Gasteiger partial charge in [0.25, 0.3) is 0 Å². The van der Waals surface area contributed by atoms with Gasteiger partial charge in [0.1, 0.15) is 22.4 Å². The highest BCUT2D eigenvalue weighted by atomic mass is 32.1. The zero-order chi connectivity index (χ0) is 20.4. The molecule has 0 aliphatic heterocycles. The van der Waals surface area contributed by atoms with Crippen LogP contribution in [0.25, 0.3) is 21.3 Å². The van der Waals surface area contributed by atoms with E-state index < -0.39 is 5.97 Å². The lowest BCUT2D eigenvalue weighted by Gasteiger charge is -2.11. The number of rotatable bonds is 8. The largest absolute Gasteiger partial charge is 0.494 e. The predicted molar refractivity (Wildman–Crippen MR) is 111 cm³/mol. The minimum atomic E-state index is -0.798. The van der Waals surface area contributed by atoms with Gasteiger partial charge in [-0.15, -0.1) is 0 Å².